The van der Waals surface area contributed by atoms with Gasteiger partial charge >= 0.3 is 0 Å². The summed E-state index contributed by atoms with van der Waals surface area (Å²) in [5.41, 5.74) is 2.93. The molecule has 3 atom stereocenters. The predicted molar refractivity (Wildman–Crippen MR) is 135 cm³/mol. The Kier molecular flexibility index (Phi) is 7.73. The number of nitrogens with one attached hydrogen (secondary N) is 2. The van der Waals surface area contributed by atoms with Gasteiger partial charge in [0.25, 0.3) is 5.91 Å². The topological polar surface area (TPSA) is 95.1 Å². The van der Waals surface area contributed by atoms with Gasteiger partial charge in [-0.25, -0.2) is 14.1 Å². The number of pyridine rings is 1. The van der Waals surface area contributed by atoms with Gasteiger partial charge in [-0.3, -0.25) is 4.79 Å². The summed E-state index contributed by atoms with van der Waals surface area (Å²) in [6.07, 6.45) is 5.65. The molecule has 1 aliphatic rings. The van der Waals surface area contributed by atoms with Crippen molar-refractivity contribution in [2.24, 2.45) is 17.3 Å². The van der Waals surface area contributed by atoms with E-state index in [1.165, 1.54) is 11.6 Å². The third-order valence-electron chi connectivity index (χ3n) is 6.41. The van der Waals surface area contributed by atoms with Crippen LogP contribution in [0.15, 0.2) is 57.9 Å². The number of anilines is 1. The van der Waals surface area contributed by atoms with E-state index in [0.717, 1.165) is 42.2 Å². The van der Waals surface area contributed by atoms with Gasteiger partial charge in [-0.1, -0.05) is 37.3 Å². The van der Waals surface area contributed by atoms with Crippen molar-refractivity contribution < 1.29 is 9.18 Å². The number of nitriles is 1. The van der Waals surface area contributed by atoms with Crippen molar-refractivity contribution >= 4 is 22.5 Å². The summed E-state index contributed by atoms with van der Waals surface area (Å²) < 4.78 is 23.9. The van der Waals surface area contributed by atoms with Crippen molar-refractivity contribution in [3.63, 3.8) is 0 Å². The van der Waals surface area contributed by atoms with E-state index in [-0.39, 0.29) is 23.3 Å². The molecule has 3 heterocycles. The van der Waals surface area contributed by atoms with E-state index < -0.39 is 16.8 Å². The van der Waals surface area contributed by atoms with Gasteiger partial charge in [-0.05, 0) is 48.8 Å². The molecule has 0 bridgehead atoms. The van der Waals surface area contributed by atoms with Crippen LogP contribution in [0, 0.1) is 23.2 Å². The summed E-state index contributed by atoms with van der Waals surface area (Å²) in [6.45, 7) is 2.27. The first-order chi connectivity index (χ1) is 16.9. The Morgan fingerprint density at radius 1 is 1.40 bits per heavy atom. The summed E-state index contributed by atoms with van der Waals surface area (Å²) in [6, 6.07) is 15.0. The highest BCUT2D eigenvalue weighted by atomic mass is 32.2. The minimum Gasteiger partial charge on any atom is -0.345 e. The van der Waals surface area contributed by atoms with Gasteiger partial charge in [0, 0.05) is 49.0 Å². The van der Waals surface area contributed by atoms with Crippen molar-refractivity contribution in [1.82, 2.24) is 14.3 Å². The molecular weight excluding hydrogens is 463 g/mol. The number of hydrogen-bond donors (Lipinski definition) is 2. The maximum absolute atomic E-state index is 13.8. The Hall–Kier alpha value is -3.35. The molecule has 0 aliphatic carbocycles. The zero-order valence-corrected chi connectivity index (χ0v) is 20.9. The van der Waals surface area contributed by atoms with Gasteiger partial charge in [0.1, 0.15) is 17.5 Å². The summed E-state index contributed by atoms with van der Waals surface area (Å²) in [7, 11) is 3.08. The van der Waals surface area contributed by atoms with Crippen LogP contribution in [0.5, 0.6) is 0 Å². The molecule has 0 spiro atoms. The van der Waals surface area contributed by atoms with Crippen LogP contribution in [0.1, 0.15) is 47.1 Å². The summed E-state index contributed by atoms with van der Waals surface area (Å²) in [5.74, 6) is -0.724. The summed E-state index contributed by atoms with van der Waals surface area (Å²) in [4.78, 5) is 17.8. The lowest BCUT2D eigenvalue weighted by atomic mass is 9.91. The molecule has 3 aromatic rings. The quantitative estimate of drug-likeness (QED) is 0.493. The Balaban J connectivity index is 1.53. The number of halogens is 1. The zero-order valence-electron chi connectivity index (χ0n) is 20.1. The molecule has 35 heavy (non-hydrogen) atoms. The number of carbonyl (C=O) groups excluding carboxylic acids is 1. The second kappa shape index (κ2) is 10.9. The average Bonchev–Trinajstić information content (AvgIpc) is 3.07. The number of nitrogens with zero attached hydrogens (tertiary/aromatic N) is 4. The van der Waals surface area contributed by atoms with E-state index in [1.54, 1.807) is 11.6 Å². The third-order valence-corrected chi connectivity index (χ3v) is 8.07. The normalized spacial score (nSPS) is 18.4. The molecule has 0 saturated carbocycles. The predicted octanol–water partition coefficient (Wildman–Crippen LogP) is 4.56. The second-order valence-electron chi connectivity index (χ2n) is 8.79. The molecule has 4 rings (SSSR count). The van der Waals surface area contributed by atoms with Crippen LogP contribution >= 0.6 is 0 Å². The maximum atomic E-state index is 13.8. The van der Waals surface area contributed by atoms with Crippen molar-refractivity contribution in [2.45, 2.75) is 43.5 Å². The molecule has 0 fully saturated rings. The molecule has 1 aromatic carbocycles. The summed E-state index contributed by atoms with van der Waals surface area (Å²) >= 11 is 0. The molecule has 7 nitrogen and oxygen atoms in total. The molecule has 1 aliphatic heterocycles. The number of carbonyl (C=O) groups is 1. The van der Waals surface area contributed by atoms with Gasteiger partial charge in [-0.15, -0.1) is 0 Å². The summed E-state index contributed by atoms with van der Waals surface area (Å²) in [5, 5.41) is 11.8. The number of hydrogen-bond acceptors (Lipinski definition) is 4. The molecule has 2 N–H and O–H groups in total. The number of rotatable bonds is 6. The molecule has 0 saturated heterocycles. The SMILES string of the molecule is CN=S1NC(C(C)CCc2ccccc2)CCc2c1cn(C)c2C(=O)Nc1cc(F)nc(C#N)c1. The second-order valence-corrected chi connectivity index (χ2v) is 10.4. The molecule has 1 amide bonds. The lowest BCUT2D eigenvalue weighted by Crippen LogP contribution is -2.35. The Morgan fingerprint density at radius 2 is 2.17 bits per heavy atom. The van der Waals surface area contributed by atoms with E-state index >= 15 is 0 Å². The lowest BCUT2D eigenvalue weighted by molar-refractivity contribution is 0.101. The number of fused-ring (bicyclic) bond motifs is 1. The fourth-order valence-electron chi connectivity index (χ4n) is 4.53. The van der Waals surface area contributed by atoms with Crippen molar-refractivity contribution in [1.29, 1.82) is 5.26 Å². The molecular formula is C26H29FN6OS. The van der Waals surface area contributed by atoms with Gasteiger partial charge in [0.2, 0.25) is 5.95 Å². The van der Waals surface area contributed by atoms with E-state index in [4.69, 9.17) is 5.26 Å². The minimum atomic E-state index is -0.812. The fraction of sp³-hybridized carbons (Fsp3) is 0.346. The van der Waals surface area contributed by atoms with Crippen LogP contribution in [-0.2, 0) is 30.8 Å². The van der Waals surface area contributed by atoms with E-state index in [1.807, 2.05) is 25.4 Å². The van der Waals surface area contributed by atoms with Crippen LogP contribution in [0.4, 0.5) is 10.1 Å². The van der Waals surface area contributed by atoms with Crippen molar-refractivity contribution in [3.05, 3.63) is 77.1 Å². The van der Waals surface area contributed by atoms with Gasteiger partial charge in [0.05, 0.1) is 4.90 Å². The first kappa shape index (κ1) is 24.8. The molecule has 0 radical (unpaired) electrons. The third kappa shape index (κ3) is 5.66. The molecule has 2 aromatic heterocycles. The van der Waals surface area contributed by atoms with Crippen LogP contribution in [0.2, 0.25) is 0 Å². The van der Waals surface area contributed by atoms with E-state index in [0.29, 0.717) is 11.6 Å². The van der Waals surface area contributed by atoms with Gasteiger partial charge < -0.3 is 9.88 Å². The first-order valence-electron chi connectivity index (χ1n) is 11.6. The lowest BCUT2D eigenvalue weighted by Gasteiger charge is -2.24. The number of aryl methyl sites for hydroxylation is 2. The van der Waals surface area contributed by atoms with Gasteiger partial charge in [0.15, 0.2) is 0 Å². The number of amides is 1. The maximum Gasteiger partial charge on any atom is 0.272 e. The molecule has 3 unspecified atom stereocenters. The smallest absolute Gasteiger partial charge is 0.272 e. The highest BCUT2D eigenvalue weighted by Crippen LogP contribution is 2.29. The monoisotopic (exact) mass is 492 g/mol. The van der Waals surface area contributed by atoms with E-state index in [2.05, 4.69) is 50.6 Å². The van der Waals surface area contributed by atoms with Crippen molar-refractivity contribution in [2.75, 3.05) is 12.4 Å². The molecule has 182 valence electrons. The Labute approximate surface area is 207 Å². The molecule has 9 heteroatoms. The Morgan fingerprint density at radius 3 is 2.89 bits per heavy atom. The van der Waals surface area contributed by atoms with Crippen LogP contribution in [0.3, 0.4) is 0 Å². The highest BCUT2D eigenvalue weighted by Gasteiger charge is 2.29. The average molecular weight is 493 g/mol. The number of benzene rings is 1. The number of aromatic nitrogens is 2. The highest BCUT2D eigenvalue weighted by molar-refractivity contribution is 7.85. The minimum absolute atomic E-state index is 0.0890. The largest absolute Gasteiger partial charge is 0.345 e. The fourth-order valence-corrected chi connectivity index (χ4v) is 6.28. The van der Waals surface area contributed by atoms with Gasteiger partial charge in [-0.2, -0.15) is 9.65 Å². The van der Waals surface area contributed by atoms with E-state index in [9.17, 15) is 9.18 Å². The van der Waals surface area contributed by atoms with Crippen LogP contribution < -0.4 is 10.0 Å². The Bertz CT molecular complexity index is 1300. The van der Waals surface area contributed by atoms with Crippen LogP contribution in [0.25, 0.3) is 0 Å². The van der Waals surface area contributed by atoms with Crippen LogP contribution in [-0.4, -0.2) is 28.5 Å². The zero-order chi connectivity index (χ0) is 24.9. The standard InChI is InChI=1S/C26H29FN6OS/c1-17(9-10-18-7-5-4-6-8-18)22-12-11-21-23(35(29-2)32-22)16-33(3)25(21)26(34)31-19-13-20(15-28)30-24(27)14-19/h4-8,13-14,16-17,22H,9-12H2,1-3H3,(H,29,32)(H,30,31,34). The first-order valence-corrected chi connectivity index (χ1v) is 12.8. The van der Waals surface area contributed by atoms with Crippen molar-refractivity contribution in [3.8, 4) is 6.07 Å².